The number of ether oxygens (including phenoxy) is 1. The van der Waals surface area contributed by atoms with Crippen molar-refractivity contribution in [1.82, 2.24) is 4.90 Å². The maximum atomic E-state index is 13.8. The molecule has 1 aromatic heterocycles. The number of carbonyl (C=O) groups is 1. The van der Waals surface area contributed by atoms with Crippen LogP contribution in [-0.2, 0) is 16.1 Å². The van der Waals surface area contributed by atoms with Crippen LogP contribution in [0.25, 0.3) is 0 Å². The van der Waals surface area contributed by atoms with Gasteiger partial charge in [0.05, 0.1) is 18.1 Å². The van der Waals surface area contributed by atoms with Crippen molar-refractivity contribution in [3.8, 4) is 0 Å². The second kappa shape index (κ2) is 6.38. The lowest BCUT2D eigenvalue weighted by Crippen LogP contribution is -2.55. The largest absolute Gasteiger partial charge is 0.376 e. The van der Waals surface area contributed by atoms with Crippen LogP contribution in [0.15, 0.2) is 17.5 Å². The first-order valence-electron chi connectivity index (χ1n) is 10.1. The highest BCUT2D eigenvalue weighted by molar-refractivity contribution is 7.09. The molecular formula is C21H29NO2S. The topological polar surface area (TPSA) is 29.5 Å². The minimum Gasteiger partial charge on any atom is -0.376 e. The Morgan fingerprint density at radius 2 is 1.92 bits per heavy atom. The van der Waals surface area contributed by atoms with Crippen LogP contribution in [0.3, 0.4) is 0 Å². The normalized spacial score (nSPS) is 39.0. The molecule has 6 rings (SSSR count). The van der Waals surface area contributed by atoms with Crippen LogP contribution in [0, 0.1) is 23.2 Å². The van der Waals surface area contributed by atoms with E-state index in [-0.39, 0.29) is 11.5 Å². The van der Waals surface area contributed by atoms with Gasteiger partial charge in [0, 0.05) is 18.0 Å². The Bertz CT molecular complexity index is 585. The monoisotopic (exact) mass is 359 g/mol. The molecule has 5 aliphatic rings. The maximum absolute atomic E-state index is 13.8. The van der Waals surface area contributed by atoms with Gasteiger partial charge in [0.1, 0.15) is 0 Å². The first-order chi connectivity index (χ1) is 12.2. The van der Waals surface area contributed by atoms with Crippen molar-refractivity contribution < 1.29 is 9.53 Å². The number of amides is 1. The van der Waals surface area contributed by atoms with Crippen LogP contribution in [0.5, 0.6) is 0 Å². The molecule has 1 amide bonds. The van der Waals surface area contributed by atoms with E-state index in [1.165, 1.54) is 24.1 Å². The molecule has 4 saturated carbocycles. The molecule has 3 nitrogen and oxygen atoms in total. The molecular weight excluding hydrogens is 330 g/mol. The first-order valence-corrected chi connectivity index (χ1v) is 11.0. The molecule has 136 valence electrons. The van der Waals surface area contributed by atoms with E-state index in [1.807, 2.05) is 0 Å². The molecule has 4 bridgehead atoms. The van der Waals surface area contributed by atoms with E-state index in [0.29, 0.717) is 5.91 Å². The number of rotatable bonds is 5. The predicted molar refractivity (Wildman–Crippen MR) is 99.3 cm³/mol. The Hall–Kier alpha value is -0.870. The third kappa shape index (κ3) is 3.06. The molecule has 0 aromatic carbocycles. The molecule has 5 fully saturated rings. The van der Waals surface area contributed by atoms with Crippen molar-refractivity contribution in [3.05, 3.63) is 22.4 Å². The van der Waals surface area contributed by atoms with E-state index in [1.54, 1.807) is 11.3 Å². The quantitative estimate of drug-likeness (QED) is 0.776. The lowest BCUT2D eigenvalue weighted by atomic mass is 9.49. The first kappa shape index (κ1) is 16.3. The van der Waals surface area contributed by atoms with Crippen molar-refractivity contribution in [3.63, 3.8) is 0 Å². The molecule has 0 radical (unpaired) electrons. The zero-order chi connectivity index (χ0) is 16.9. The SMILES string of the molecule is O=C(N(Cc1cccs1)CC1CCCO1)C12CC3CC(CC(C3)C1)C2. The highest BCUT2D eigenvalue weighted by Gasteiger charge is 2.55. The number of thiophene rings is 1. The Balaban J connectivity index is 1.38. The van der Waals surface area contributed by atoms with Gasteiger partial charge >= 0.3 is 0 Å². The summed E-state index contributed by atoms with van der Waals surface area (Å²) in [5.41, 5.74) is -0.0371. The van der Waals surface area contributed by atoms with Crippen molar-refractivity contribution in [2.24, 2.45) is 23.2 Å². The Morgan fingerprint density at radius 1 is 1.20 bits per heavy atom. The molecule has 1 saturated heterocycles. The summed E-state index contributed by atoms with van der Waals surface area (Å²) in [4.78, 5) is 17.3. The van der Waals surface area contributed by atoms with E-state index in [2.05, 4.69) is 22.4 Å². The van der Waals surface area contributed by atoms with Gasteiger partial charge in [-0.1, -0.05) is 6.07 Å². The van der Waals surface area contributed by atoms with E-state index in [9.17, 15) is 4.79 Å². The highest BCUT2D eigenvalue weighted by atomic mass is 32.1. The van der Waals surface area contributed by atoms with Gasteiger partial charge in [-0.25, -0.2) is 0 Å². The van der Waals surface area contributed by atoms with E-state index in [0.717, 1.165) is 69.6 Å². The summed E-state index contributed by atoms with van der Waals surface area (Å²) in [7, 11) is 0. The second-order valence-electron chi connectivity index (χ2n) is 9.10. The molecule has 4 heteroatoms. The van der Waals surface area contributed by atoms with E-state index >= 15 is 0 Å². The van der Waals surface area contributed by atoms with Gasteiger partial charge in [-0.15, -0.1) is 11.3 Å². The fourth-order valence-electron chi connectivity index (χ4n) is 6.55. The zero-order valence-electron chi connectivity index (χ0n) is 15.0. The molecule has 0 spiro atoms. The molecule has 1 unspecified atom stereocenters. The molecule has 2 heterocycles. The third-order valence-corrected chi connectivity index (χ3v) is 8.02. The summed E-state index contributed by atoms with van der Waals surface area (Å²) in [6.45, 7) is 2.43. The fourth-order valence-corrected chi connectivity index (χ4v) is 7.27. The van der Waals surface area contributed by atoms with Crippen LogP contribution < -0.4 is 0 Å². The maximum Gasteiger partial charge on any atom is 0.229 e. The standard InChI is InChI=1S/C21H29NO2S/c23-20(21-10-15-7-16(11-21)9-17(8-15)12-21)22(13-18-3-1-5-24-18)14-19-4-2-6-25-19/h2,4,6,15-18H,1,3,5,7-14H2. The van der Waals surface area contributed by atoms with Gasteiger partial charge in [-0.3, -0.25) is 4.79 Å². The van der Waals surface area contributed by atoms with Crippen LogP contribution in [0.1, 0.15) is 56.2 Å². The minimum atomic E-state index is -0.0371. The predicted octanol–water partition coefficient (Wildman–Crippen LogP) is 4.47. The van der Waals surface area contributed by atoms with Gasteiger partial charge in [-0.2, -0.15) is 0 Å². The average molecular weight is 360 g/mol. The van der Waals surface area contributed by atoms with Gasteiger partial charge < -0.3 is 9.64 Å². The number of hydrogen-bond acceptors (Lipinski definition) is 3. The number of hydrogen-bond donors (Lipinski definition) is 0. The summed E-state index contributed by atoms with van der Waals surface area (Å²) in [6, 6.07) is 4.26. The summed E-state index contributed by atoms with van der Waals surface area (Å²) < 4.78 is 5.88. The van der Waals surface area contributed by atoms with Crippen molar-refractivity contribution in [2.75, 3.05) is 13.2 Å². The van der Waals surface area contributed by atoms with Crippen LogP contribution in [-0.4, -0.2) is 30.1 Å². The molecule has 25 heavy (non-hydrogen) atoms. The molecule has 0 N–H and O–H groups in total. The van der Waals surface area contributed by atoms with Crippen molar-refractivity contribution in [1.29, 1.82) is 0 Å². The summed E-state index contributed by atoms with van der Waals surface area (Å²) >= 11 is 1.77. The lowest BCUT2D eigenvalue weighted by Gasteiger charge is -2.56. The van der Waals surface area contributed by atoms with Gasteiger partial charge in [0.15, 0.2) is 0 Å². The van der Waals surface area contributed by atoms with Crippen molar-refractivity contribution >= 4 is 17.2 Å². The lowest BCUT2D eigenvalue weighted by molar-refractivity contribution is -0.159. The summed E-state index contributed by atoms with van der Waals surface area (Å²) in [6.07, 6.45) is 10.1. The molecule has 1 aromatic rings. The number of nitrogens with zero attached hydrogens (tertiary/aromatic N) is 1. The van der Waals surface area contributed by atoms with Gasteiger partial charge in [-0.05, 0) is 80.6 Å². The summed E-state index contributed by atoms with van der Waals surface area (Å²) in [5.74, 6) is 2.92. The second-order valence-corrected chi connectivity index (χ2v) is 10.1. The molecule has 4 aliphatic carbocycles. The van der Waals surface area contributed by atoms with Crippen molar-refractivity contribution in [2.45, 2.75) is 64.0 Å². The average Bonchev–Trinajstić information content (AvgIpc) is 3.26. The van der Waals surface area contributed by atoms with Crippen LogP contribution in [0.2, 0.25) is 0 Å². The van der Waals surface area contributed by atoms with Gasteiger partial charge in [0.25, 0.3) is 0 Å². The highest BCUT2D eigenvalue weighted by Crippen LogP contribution is 2.60. The van der Waals surface area contributed by atoms with E-state index in [4.69, 9.17) is 4.74 Å². The minimum absolute atomic E-state index is 0.0371. The fraction of sp³-hybridized carbons (Fsp3) is 0.762. The van der Waals surface area contributed by atoms with Crippen LogP contribution >= 0.6 is 11.3 Å². The Morgan fingerprint density at radius 3 is 2.48 bits per heavy atom. The van der Waals surface area contributed by atoms with Gasteiger partial charge in [0.2, 0.25) is 5.91 Å². The van der Waals surface area contributed by atoms with E-state index < -0.39 is 0 Å². The zero-order valence-corrected chi connectivity index (χ0v) is 15.8. The molecule has 1 atom stereocenters. The number of carbonyl (C=O) groups excluding carboxylic acids is 1. The molecule has 1 aliphatic heterocycles. The van der Waals surface area contributed by atoms with Crippen LogP contribution in [0.4, 0.5) is 0 Å². The summed E-state index contributed by atoms with van der Waals surface area (Å²) in [5, 5.41) is 2.12. The smallest absolute Gasteiger partial charge is 0.229 e. The Kier molecular flexibility index (Phi) is 4.16. The Labute approximate surface area is 154 Å². The third-order valence-electron chi connectivity index (χ3n) is 7.15.